The molecule has 146 valence electrons. The molecule has 0 heterocycles. The molecular formula is C23H36O3. The lowest BCUT2D eigenvalue weighted by Crippen LogP contribution is -2.36. The maximum absolute atomic E-state index is 12.2. The predicted octanol–water partition coefficient (Wildman–Crippen LogP) is 5.52. The van der Waals surface area contributed by atoms with Gasteiger partial charge in [-0.15, -0.1) is 0 Å². The number of rotatable bonds is 9. The number of carbonyl (C=O) groups excluding carboxylic acids is 1. The molecule has 0 radical (unpaired) electrons. The van der Waals surface area contributed by atoms with Gasteiger partial charge < -0.3 is 9.84 Å². The smallest absolute Gasteiger partial charge is 0.200 e. The summed E-state index contributed by atoms with van der Waals surface area (Å²) in [4.78, 5) is 12.2. The lowest BCUT2D eigenvalue weighted by Gasteiger charge is -2.30. The van der Waals surface area contributed by atoms with Crippen LogP contribution in [-0.4, -0.2) is 24.1 Å². The second kappa shape index (κ2) is 11.2. The van der Waals surface area contributed by atoms with Crippen molar-refractivity contribution in [1.29, 1.82) is 0 Å². The van der Waals surface area contributed by atoms with Gasteiger partial charge in [0.1, 0.15) is 0 Å². The standard InChI is InChI=1S/C23H36O3/c1-16(2)9-7-10-17(3)11-8-12-18(4)13-14-20-19(5)23(25)22(26-6)15-21(20)24/h9,11,13,15,19-21,24H,7-8,10,12,14H2,1-6H3/b17-11+,18-13+/t19-,20-,21+/m1/s1. The third-order valence-corrected chi connectivity index (χ3v) is 5.14. The van der Waals surface area contributed by atoms with Gasteiger partial charge in [0.05, 0.1) is 13.2 Å². The summed E-state index contributed by atoms with van der Waals surface area (Å²) >= 11 is 0. The van der Waals surface area contributed by atoms with Gasteiger partial charge in [-0.3, -0.25) is 4.79 Å². The van der Waals surface area contributed by atoms with Crippen molar-refractivity contribution >= 4 is 5.78 Å². The van der Waals surface area contributed by atoms with Crippen molar-refractivity contribution in [1.82, 2.24) is 0 Å². The molecule has 0 saturated heterocycles. The highest BCUT2D eigenvalue weighted by Gasteiger charge is 2.35. The monoisotopic (exact) mass is 360 g/mol. The first-order valence-electron chi connectivity index (χ1n) is 9.69. The van der Waals surface area contributed by atoms with E-state index in [2.05, 4.69) is 45.9 Å². The molecule has 0 aromatic heterocycles. The van der Waals surface area contributed by atoms with Crippen LogP contribution in [0.2, 0.25) is 0 Å². The maximum Gasteiger partial charge on any atom is 0.200 e. The fourth-order valence-corrected chi connectivity index (χ4v) is 3.26. The zero-order valence-corrected chi connectivity index (χ0v) is 17.3. The van der Waals surface area contributed by atoms with Crippen LogP contribution < -0.4 is 0 Å². The molecule has 3 nitrogen and oxygen atoms in total. The molecule has 3 atom stereocenters. The average Bonchev–Trinajstić information content (AvgIpc) is 2.57. The Morgan fingerprint density at radius 3 is 2.23 bits per heavy atom. The molecular weight excluding hydrogens is 324 g/mol. The Hall–Kier alpha value is -1.61. The largest absolute Gasteiger partial charge is 0.493 e. The quantitative estimate of drug-likeness (QED) is 0.551. The lowest BCUT2D eigenvalue weighted by molar-refractivity contribution is -0.126. The fourth-order valence-electron chi connectivity index (χ4n) is 3.26. The number of ketones is 1. The number of aliphatic hydroxyl groups excluding tert-OH is 1. The molecule has 0 spiro atoms. The summed E-state index contributed by atoms with van der Waals surface area (Å²) in [5, 5.41) is 10.3. The van der Waals surface area contributed by atoms with E-state index in [9.17, 15) is 9.90 Å². The number of allylic oxidation sites excluding steroid dienone is 7. The molecule has 0 bridgehead atoms. The first-order chi connectivity index (χ1) is 12.3. The molecule has 0 amide bonds. The van der Waals surface area contributed by atoms with Crippen LogP contribution in [0.1, 0.15) is 66.7 Å². The molecule has 1 aliphatic carbocycles. The minimum absolute atomic E-state index is 0.0104. The Kier molecular flexibility index (Phi) is 9.64. The highest BCUT2D eigenvalue weighted by molar-refractivity contribution is 5.96. The van der Waals surface area contributed by atoms with Crippen LogP contribution >= 0.6 is 0 Å². The Morgan fingerprint density at radius 1 is 1.08 bits per heavy atom. The van der Waals surface area contributed by atoms with E-state index < -0.39 is 6.10 Å². The topological polar surface area (TPSA) is 46.5 Å². The number of carbonyl (C=O) groups is 1. The Morgan fingerprint density at radius 2 is 1.65 bits per heavy atom. The fraction of sp³-hybridized carbons (Fsp3) is 0.609. The Balaban J connectivity index is 2.50. The molecule has 0 aromatic rings. The lowest BCUT2D eigenvalue weighted by atomic mass is 9.78. The van der Waals surface area contributed by atoms with Crippen LogP contribution in [0.25, 0.3) is 0 Å². The van der Waals surface area contributed by atoms with Gasteiger partial charge in [0.25, 0.3) is 0 Å². The van der Waals surface area contributed by atoms with E-state index in [0.717, 1.165) is 32.1 Å². The summed E-state index contributed by atoms with van der Waals surface area (Å²) in [6.45, 7) is 10.5. The molecule has 0 aromatic carbocycles. The molecule has 0 saturated carbocycles. The summed E-state index contributed by atoms with van der Waals surface area (Å²) in [6.07, 6.45) is 12.7. The second-order valence-electron chi connectivity index (χ2n) is 7.74. The number of aliphatic hydroxyl groups is 1. The zero-order chi connectivity index (χ0) is 19.7. The van der Waals surface area contributed by atoms with E-state index in [1.54, 1.807) is 6.08 Å². The number of methoxy groups -OCH3 is 1. The summed E-state index contributed by atoms with van der Waals surface area (Å²) < 4.78 is 5.06. The summed E-state index contributed by atoms with van der Waals surface area (Å²) in [7, 11) is 1.47. The van der Waals surface area contributed by atoms with Crippen LogP contribution in [0.15, 0.2) is 46.8 Å². The Bertz CT molecular complexity index is 589. The van der Waals surface area contributed by atoms with Crippen molar-refractivity contribution in [3.8, 4) is 0 Å². The molecule has 1 rings (SSSR count). The van der Waals surface area contributed by atoms with Gasteiger partial charge in [-0.2, -0.15) is 0 Å². The van der Waals surface area contributed by atoms with Crippen molar-refractivity contribution < 1.29 is 14.6 Å². The minimum Gasteiger partial charge on any atom is -0.493 e. The molecule has 0 fully saturated rings. The Labute approximate surface area is 159 Å². The number of ether oxygens (including phenoxy) is 1. The van der Waals surface area contributed by atoms with Crippen LogP contribution in [0, 0.1) is 11.8 Å². The normalized spacial score (nSPS) is 24.3. The predicted molar refractivity (Wildman–Crippen MR) is 109 cm³/mol. The molecule has 0 aliphatic heterocycles. The zero-order valence-electron chi connectivity index (χ0n) is 17.3. The first-order valence-corrected chi connectivity index (χ1v) is 9.69. The van der Waals surface area contributed by atoms with Crippen LogP contribution in [0.4, 0.5) is 0 Å². The second-order valence-corrected chi connectivity index (χ2v) is 7.74. The molecule has 1 N–H and O–H groups in total. The van der Waals surface area contributed by atoms with E-state index in [-0.39, 0.29) is 23.4 Å². The van der Waals surface area contributed by atoms with Gasteiger partial charge in [-0.1, -0.05) is 41.9 Å². The molecule has 3 heteroatoms. The number of hydrogen-bond donors (Lipinski definition) is 1. The van der Waals surface area contributed by atoms with Crippen LogP contribution in [0.3, 0.4) is 0 Å². The first kappa shape index (κ1) is 22.4. The highest BCUT2D eigenvalue weighted by atomic mass is 16.5. The van der Waals surface area contributed by atoms with Gasteiger partial charge in [-0.25, -0.2) is 0 Å². The van der Waals surface area contributed by atoms with Crippen molar-refractivity contribution in [2.45, 2.75) is 72.8 Å². The van der Waals surface area contributed by atoms with Crippen LogP contribution in [-0.2, 0) is 9.53 Å². The van der Waals surface area contributed by atoms with E-state index in [4.69, 9.17) is 4.74 Å². The van der Waals surface area contributed by atoms with Gasteiger partial charge in [0.2, 0.25) is 0 Å². The van der Waals surface area contributed by atoms with Gasteiger partial charge in [0.15, 0.2) is 11.5 Å². The summed E-state index contributed by atoms with van der Waals surface area (Å²) in [5.74, 6) is -0.0108. The van der Waals surface area contributed by atoms with Crippen molar-refractivity contribution in [3.63, 3.8) is 0 Å². The minimum atomic E-state index is -0.626. The third-order valence-electron chi connectivity index (χ3n) is 5.14. The number of Topliss-reactive ketones (excluding diaryl/α,β-unsaturated/α-hetero) is 1. The highest BCUT2D eigenvalue weighted by Crippen LogP contribution is 2.30. The van der Waals surface area contributed by atoms with E-state index in [1.807, 2.05) is 6.92 Å². The summed E-state index contributed by atoms with van der Waals surface area (Å²) in [5.41, 5.74) is 4.13. The van der Waals surface area contributed by atoms with Crippen molar-refractivity contribution in [2.75, 3.05) is 7.11 Å². The molecule has 1 aliphatic rings. The van der Waals surface area contributed by atoms with Gasteiger partial charge in [0, 0.05) is 11.8 Å². The SMILES string of the molecule is COC1=C[C@H](O)[C@H](C/C=C(\C)CC/C=C(\C)CCC=C(C)C)[C@@H](C)C1=O. The van der Waals surface area contributed by atoms with E-state index in [0.29, 0.717) is 0 Å². The van der Waals surface area contributed by atoms with E-state index >= 15 is 0 Å². The maximum atomic E-state index is 12.2. The number of hydrogen-bond acceptors (Lipinski definition) is 3. The van der Waals surface area contributed by atoms with Crippen molar-refractivity contribution in [3.05, 3.63) is 46.8 Å². The third kappa shape index (κ3) is 7.33. The average molecular weight is 361 g/mol. The molecule has 26 heavy (non-hydrogen) atoms. The van der Waals surface area contributed by atoms with Crippen molar-refractivity contribution in [2.24, 2.45) is 11.8 Å². The van der Waals surface area contributed by atoms with Gasteiger partial charge >= 0.3 is 0 Å². The van der Waals surface area contributed by atoms with Crippen LogP contribution in [0.5, 0.6) is 0 Å². The van der Waals surface area contributed by atoms with Gasteiger partial charge in [-0.05, 0) is 65.9 Å². The van der Waals surface area contributed by atoms with E-state index in [1.165, 1.54) is 23.8 Å². The summed E-state index contributed by atoms with van der Waals surface area (Å²) in [6, 6.07) is 0. The molecule has 0 unspecified atom stereocenters.